The number of aromatic nitrogens is 3. The molecule has 0 saturated carbocycles. The lowest BCUT2D eigenvalue weighted by Gasteiger charge is -2.22. The van der Waals surface area contributed by atoms with E-state index in [0.717, 1.165) is 23.8 Å². The third-order valence-electron chi connectivity index (χ3n) is 3.53. The number of rotatable bonds is 3. The summed E-state index contributed by atoms with van der Waals surface area (Å²) >= 11 is 8.08. The molecule has 3 rings (SSSR count). The van der Waals surface area contributed by atoms with Gasteiger partial charge in [0, 0.05) is 12.7 Å². The number of hydrogen-bond acceptors (Lipinski definition) is 3. The molecule has 1 saturated heterocycles. The Morgan fingerprint density at radius 3 is 3.00 bits per heavy atom. The molecule has 96 valence electrons. The quantitative estimate of drug-likeness (QED) is 0.809. The van der Waals surface area contributed by atoms with Crippen LogP contribution in [0.1, 0.15) is 18.7 Å². The van der Waals surface area contributed by atoms with Crippen molar-refractivity contribution in [1.82, 2.24) is 14.5 Å². The summed E-state index contributed by atoms with van der Waals surface area (Å²) in [5.41, 5.74) is 2.12. The van der Waals surface area contributed by atoms with Gasteiger partial charge >= 0.3 is 0 Å². The monoisotopic (exact) mass is 281 g/mol. The maximum atomic E-state index is 6.01. The fraction of sp³-hybridized carbons (Fsp3) is 0.538. The second kappa shape index (κ2) is 5.49. The zero-order valence-electron chi connectivity index (χ0n) is 10.2. The van der Waals surface area contributed by atoms with Gasteiger partial charge < -0.3 is 4.57 Å². The Morgan fingerprint density at radius 2 is 2.22 bits per heavy atom. The summed E-state index contributed by atoms with van der Waals surface area (Å²) in [6.07, 6.45) is 6.25. The van der Waals surface area contributed by atoms with Crippen LogP contribution in [0.15, 0.2) is 18.5 Å². The molecule has 5 heteroatoms. The topological polar surface area (TPSA) is 30.7 Å². The smallest absolute Gasteiger partial charge is 0.124 e. The van der Waals surface area contributed by atoms with Crippen molar-refractivity contribution in [2.75, 3.05) is 11.5 Å². The van der Waals surface area contributed by atoms with Crippen molar-refractivity contribution in [3.05, 3.63) is 24.3 Å². The van der Waals surface area contributed by atoms with Crippen molar-refractivity contribution >= 4 is 34.4 Å². The van der Waals surface area contributed by atoms with E-state index in [-0.39, 0.29) is 0 Å². The maximum absolute atomic E-state index is 6.01. The molecule has 1 aliphatic heterocycles. The highest BCUT2D eigenvalue weighted by molar-refractivity contribution is 7.99. The molecule has 0 radical (unpaired) electrons. The first-order chi connectivity index (χ1) is 8.88. The second-order valence-electron chi connectivity index (χ2n) is 4.69. The normalized spacial score (nSPS) is 17.4. The van der Waals surface area contributed by atoms with E-state index in [0.29, 0.717) is 5.88 Å². The third kappa shape index (κ3) is 2.36. The first kappa shape index (κ1) is 12.3. The van der Waals surface area contributed by atoms with Crippen LogP contribution >= 0.6 is 23.4 Å². The minimum Gasteiger partial charge on any atom is -0.327 e. The van der Waals surface area contributed by atoms with Gasteiger partial charge in [0.05, 0.1) is 17.6 Å². The molecule has 0 N–H and O–H groups in total. The standard InChI is InChI=1S/C13H16ClN3S/c14-7-13-16-11-8-15-4-1-12(11)17(13)9-10-2-5-18-6-3-10/h1,4,8,10H,2-3,5-7,9H2. The molecule has 1 fully saturated rings. The predicted molar refractivity (Wildman–Crippen MR) is 77.1 cm³/mol. The van der Waals surface area contributed by atoms with Crippen LogP contribution in [-0.4, -0.2) is 26.0 Å². The van der Waals surface area contributed by atoms with Gasteiger partial charge in [-0.25, -0.2) is 4.98 Å². The van der Waals surface area contributed by atoms with Crippen LogP contribution in [0, 0.1) is 5.92 Å². The number of alkyl halides is 1. The van der Waals surface area contributed by atoms with E-state index in [1.807, 2.05) is 18.5 Å². The average molecular weight is 282 g/mol. The van der Waals surface area contributed by atoms with Crippen LogP contribution in [0.4, 0.5) is 0 Å². The molecule has 0 atom stereocenters. The van der Waals surface area contributed by atoms with Gasteiger partial charge in [-0.2, -0.15) is 11.8 Å². The van der Waals surface area contributed by atoms with E-state index in [1.54, 1.807) is 0 Å². The number of halogens is 1. The van der Waals surface area contributed by atoms with Gasteiger partial charge in [0.25, 0.3) is 0 Å². The van der Waals surface area contributed by atoms with Crippen LogP contribution in [-0.2, 0) is 12.4 Å². The van der Waals surface area contributed by atoms with Crippen molar-refractivity contribution in [3.63, 3.8) is 0 Å². The molecule has 0 aromatic carbocycles. The average Bonchev–Trinajstić information content (AvgIpc) is 2.78. The third-order valence-corrected chi connectivity index (χ3v) is 4.82. The Balaban J connectivity index is 1.93. The van der Waals surface area contributed by atoms with Crippen molar-refractivity contribution in [3.8, 4) is 0 Å². The first-order valence-electron chi connectivity index (χ1n) is 6.31. The van der Waals surface area contributed by atoms with E-state index in [2.05, 4.69) is 26.3 Å². The molecule has 3 heterocycles. The van der Waals surface area contributed by atoms with E-state index >= 15 is 0 Å². The fourth-order valence-corrected chi connectivity index (χ4v) is 3.93. The van der Waals surface area contributed by atoms with Crippen LogP contribution in [0.5, 0.6) is 0 Å². The Bertz CT molecular complexity index is 534. The molecular weight excluding hydrogens is 266 g/mol. The Hall–Kier alpha value is -0.740. The maximum Gasteiger partial charge on any atom is 0.124 e. The molecule has 1 aliphatic rings. The highest BCUT2D eigenvalue weighted by atomic mass is 35.5. The Kier molecular flexibility index (Phi) is 3.75. The number of thioether (sulfide) groups is 1. The van der Waals surface area contributed by atoms with E-state index in [4.69, 9.17) is 11.6 Å². The minimum atomic E-state index is 0.468. The summed E-state index contributed by atoms with van der Waals surface area (Å²) in [6, 6.07) is 2.04. The highest BCUT2D eigenvalue weighted by Gasteiger charge is 2.17. The van der Waals surface area contributed by atoms with Crippen molar-refractivity contribution in [2.24, 2.45) is 5.92 Å². The molecule has 2 aromatic heterocycles. The van der Waals surface area contributed by atoms with Crippen molar-refractivity contribution in [2.45, 2.75) is 25.3 Å². The summed E-state index contributed by atoms with van der Waals surface area (Å²) < 4.78 is 2.28. The Labute approximate surface area is 116 Å². The van der Waals surface area contributed by atoms with E-state index < -0.39 is 0 Å². The largest absolute Gasteiger partial charge is 0.327 e. The summed E-state index contributed by atoms with van der Waals surface area (Å²) in [4.78, 5) is 8.69. The van der Waals surface area contributed by atoms with Crippen LogP contribution in [0.2, 0.25) is 0 Å². The molecule has 0 unspecified atom stereocenters. The van der Waals surface area contributed by atoms with Gasteiger partial charge in [-0.05, 0) is 36.3 Å². The number of pyridine rings is 1. The zero-order valence-corrected chi connectivity index (χ0v) is 11.8. The molecule has 2 aromatic rings. The van der Waals surface area contributed by atoms with Crippen molar-refractivity contribution < 1.29 is 0 Å². The summed E-state index contributed by atoms with van der Waals surface area (Å²) in [5.74, 6) is 4.77. The number of hydrogen-bond donors (Lipinski definition) is 0. The molecule has 0 bridgehead atoms. The second-order valence-corrected chi connectivity index (χ2v) is 6.18. The lowest BCUT2D eigenvalue weighted by atomic mass is 10.0. The number of imidazole rings is 1. The highest BCUT2D eigenvalue weighted by Crippen LogP contribution is 2.26. The molecule has 0 amide bonds. The summed E-state index contributed by atoms with van der Waals surface area (Å²) in [5, 5.41) is 0. The van der Waals surface area contributed by atoms with E-state index in [1.165, 1.54) is 29.9 Å². The van der Waals surface area contributed by atoms with Crippen LogP contribution in [0.3, 0.4) is 0 Å². The molecular formula is C13H16ClN3S. The zero-order chi connectivity index (χ0) is 12.4. The van der Waals surface area contributed by atoms with Gasteiger partial charge in [0.2, 0.25) is 0 Å². The van der Waals surface area contributed by atoms with Crippen LogP contribution in [0.25, 0.3) is 11.0 Å². The van der Waals surface area contributed by atoms with Gasteiger partial charge in [-0.15, -0.1) is 11.6 Å². The van der Waals surface area contributed by atoms with Crippen LogP contribution < -0.4 is 0 Å². The van der Waals surface area contributed by atoms with Gasteiger partial charge in [-0.1, -0.05) is 0 Å². The molecule has 3 nitrogen and oxygen atoms in total. The van der Waals surface area contributed by atoms with E-state index in [9.17, 15) is 0 Å². The molecule has 0 spiro atoms. The fourth-order valence-electron chi connectivity index (χ4n) is 2.52. The number of fused-ring (bicyclic) bond motifs is 1. The van der Waals surface area contributed by atoms with Crippen molar-refractivity contribution in [1.29, 1.82) is 0 Å². The number of nitrogens with zero attached hydrogens (tertiary/aromatic N) is 3. The SMILES string of the molecule is ClCc1nc2cnccc2n1CC1CCSCC1. The summed E-state index contributed by atoms with van der Waals surface area (Å²) in [6.45, 7) is 1.04. The lowest BCUT2D eigenvalue weighted by Crippen LogP contribution is -2.17. The van der Waals surface area contributed by atoms with Gasteiger partial charge in [-0.3, -0.25) is 4.98 Å². The van der Waals surface area contributed by atoms with Gasteiger partial charge in [0.1, 0.15) is 11.3 Å². The summed E-state index contributed by atoms with van der Waals surface area (Å²) in [7, 11) is 0. The van der Waals surface area contributed by atoms with Gasteiger partial charge in [0.15, 0.2) is 0 Å². The molecule has 18 heavy (non-hydrogen) atoms. The predicted octanol–water partition coefficient (Wildman–Crippen LogP) is 3.31. The lowest BCUT2D eigenvalue weighted by molar-refractivity contribution is 0.417. The Morgan fingerprint density at radius 1 is 1.39 bits per heavy atom. The minimum absolute atomic E-state index is 0.468. The molecule has 0 aliphatic carbocycles. The first-order valence-corrected chi connectivity index (χ1v) is 8.00.